The molecular weight excluding hydrogens is 256 g/mol. The van der Waals surface area contributed by atoms with E-state index in [1.54, 1.807) is 0 Å². The Kier molecular flexibility index (Phi) is 4.21. The van der Waals surface area contributed by atoms with Crippen molar-refractivity contribution in [1.29, 1.82) is 0 Å². The first-order chi connectivity index (χ1) is 9.72. The Bertz CT molecular complexity index is 429. The molecule has 0 amide bonds. The van der Waals surface area contributed by atoms with Crippen molar-refractivity contribution < 1.29 is 9.63 Å². The highest BCUT2D eigenvalue weighted by molar-refractivity contribution is 5.28. The molecule has 0 spiro atoms. The number of rotatable bonds is 3. The zero-order chi connectivity index (χ0) is 13.9. The Labute approximate surface area is 119 Å². The van der Waals surface area contributed by atoms with Crippen LogP contribution >= 0.6 is 0 Å². The number of hydrogen-bond donors (Lipinski definition) is 1. The molecule has 1 aromatic heterocycles. The normalized spacial score (nSPS) is 28.8. The minimum atomic E-state index is -0.206. The Morgan fingerprint density at radius 1 is 1.20 bits per heavy atom. The smallest absolute Gasteiger partial charge is 0.266 e. The molecule has 1 saturated carbocycles. The number of nitrogens with zero attached hydrogens (tertiary/aromatic N) is 4. The van der Waals surface area contributed by atoms with Gasteiger partial charge in [0.15, 0.2) is 0 Å². The second kappa shape index (κ2) is 6.10. The van der Waals surface area contributed by atoms with Crippen LogP contribution < -0.4 is 4.90 Å². The molecule has 112 valence electrons. The molecule has 3 rings (SSSR count). The molecule has 6 nitrogen and oxygen atoms in total. The number of hydrogen-bond acceptors (Lipinski definition) is 6. The maximum absolute atomic E-state index is 10.0. The summed E-state index contributed by atoms with van der Waals surface area (Å²) in [6.07, 6.45) is 4.80. The van der Waals surface area contributed by atoms with Gasteiger partial charge in [0.25, 0.3) is 5.95 Å². The molecule has 2 aliphatic rings. The highest BCUT2D eigenvalue weighted by Gasteiger charge is 2.26. The van der Waals surface area contributed by atoms with Gasteiger partial charge in [-0.25, -0.2) is 0 Å². The molecule has 1 saturated heterocycles. The lowest BCUT2D eigenvalue weighted by molar-refractivity contribution is 0.0657. The highest BCUT2D eigenvalue weighted by atomic mass is 16.5. The lowest BCUT2D eigenvalue weighted by atomic mass is 9.84. The van der Waals surface area contributed by atoms with Gasteiger partial charge in [0, 0.05) is 32.6 Å². The molecule has 2 atom stereocenters. The van der Waals surface area contributed by atoms with Gasteiger partial charge in [0.05, 0.1) is 6.10 Å². The van der Waals surface area contributed by atoms with Gasteiger partial charge in [0.2, 0.25) is 5.89 Å². The lowest BCUT2D eigenvalue weighted by Gasteiger charge is -2.31. The van der Waals surface area contributed by atoms with Gasteiger partial charge in [-0.15, -0.1) is 0 Å². The molecule has 20 heavy (non-hydrogen) atoms. The van der Waals surface area contributed by atoms with Gasteiger partial charge in [0.1, 0.15) is 0 Å². The van der Waals surface area contributed by atoms with Crippen LogP contribution in [0.25, 0.3) is 0 Å². The zero-order valence-electron chi connectivity index (χ0n) is 12.2. The molecule has 0 radical (unpaired) electrons. The van der Waals surface area contributed by atoms with Crippen molar-refractivity contribution in [2.24, 2.45) is 5.92 Å². The Morgan fingerprint density at radius 3 is 2.70 bits per heavy atom. The van der Waals surface area contributed by atoms with E-state index in [1.807, 2.05) is 0 Å². The average Bonchev–Trinajstić information content (AvgIpc) is 2.91. The molecule has 2 fully saturated rings. The van der Waals surface area contributed by atoms with Crippen molar-refractivity contribution in [3.05, 3.63) is 5.89 Å². The summed E-state index contributed by atoms with van der Waals surface area (Å²) in [4.78, 5) is 8.98. The summed E-state index contributed by atoms with van der Waals surface area (Å²) in [5.74, 6) is 1.66. The van der Waals surface area contributed by atoms with Crippen molar-refractivity contribution >= 4 is 5.95 Å². The predicted octanol–water partition coefficient (Wildman–Crippen LogP) is 0.915. The third kappa shape index (κ3) is 3.12. The average molecular weight is 280 g/mol. The molecule has 0 aromatic carbocycles. The minimum absolute atomic E-state index is 0.206. The molecule has 0 bridgehead atoms. The highest BCUT2D eigenvalue weighted by Crippen LogP contribution is 2.27. The largest absolute Gasteiger partial charge is 0.393 e. The molecule has 1 N–H and O–H groups in total. The molecule has 2 unspecified atom stereocenters. The summed E-state index contributed by atoms with van der Waals surface area (Å²) in [5, 5.41) is 14.1. The fraction of sp³-hybridized carbons (Fsp3) is 0.857. The monoisotopic (exact) mass is 280 g/mol. The first-order valence-electron chi connectivity index (χ1n) is 7.66. The quantitative estimate of drug-likeness (QED) is 0.888. The molecular formula is C14H24N4O2. The zero-order valence-corrected chi connectivity index (χ0v) is 12.2. The molecule has 1 aliphatic carbocycles. The standard InChI is InChI=1S/C14H24N4O2/c1-17-6-8-18(9-7-17)14-15-13(20-16-14)10-11-4-2-3-5-12(11)19/h11-12,19H,2-10H2,1H3. The van der Waals surface area contributed by atoms with Gasteiger partial charge in [-0.3, -0.25) is 0 Å². The number of aliphatic hydroxyl groups is 1. The van der Waals surface area contributed by atoms with Crippen LogP contribution in [-0.4, -0.2) is 59.5 Å². The number of likely N-dealkylation sites (N-methyl/N-ethyl adjacent to an activating group) is 1. The van der Waals surface area contributed by atoms with E-state index in [2.05, 4.69) is 27.0 Å². The van der Waals surface area contributed by atoms with Gasteiger partial charge in [-0.2, -0.15) is 4.98 Å². The number of aromatic nitrogens is 2. The van der Waals surface area contributed by atoms with Crippen molar-refractivity contribution in [3.8, 4) is 0 Å². The van der Waals surface area contributed by atoms with Crippen LogP contribution in [-0.2, 0) is 6.42 Å². The summed E-state index contributed by atoms with van der Waals surface area (Å²) < 4.78 is 5.37. The second-order valence-electron chi connectivity index (χ2n) is 6.09. The summed E-state index contributed by atoms with van der Waals surface area (Å²) in [7, 11) is 2.13. The second-order valence-corrected chi connectivity index (χ2v) is 6.09. The lowest BCUT2D eigenvalue weighted by Crippen LogP contribution is -2.44. The SMILES string of the molecule is CN1CCN(c2noc(CC3CCCCC3O)n2)CC1. The first-order valence-corrected chi connectivity index (χ1v) is 7.66. The number of piperazine rings is 1. The van der Waals surface area contributed by atoms with Crippen LogP contribution in [0.2, 0.25) is 0 Å². The Balaban J connectivity index is 1.59. The van der Waals surface area contributed by atoms with Crippen LogP contribution in [0.15, 0.2) is 4.52 Å². The van der Waals surface area contributed by atoms with Crippen molar-refractivity contribution in [3.63, 3.8) is 0 Å². The van der Waals surface area contributed by atoms with Gasteiger partial charge in [-0.1, -0.05) is 12.8 Å². The van der Waals surface area contributed by atoms with E-state index in [-0.39, 0.29) is 12.0 Å². The van der Waals surface area contributed by atoms with Crippen LogP contribution in [0.5, 0.6) is 0 Å². The van der Waals surface area contributed by atoms with Crippen molar-refractivity contribution in [1.82, 2.24) is 15.0 Å². The third-order valence-electron chi connectivity index (χ3n) is 4.55. The molecule has 6 heteroatoms. The molecule has 1 aliphatic heterocycles. The number of anilines is 1. The van der Waals surface area contributed by atoms with Crippen molar-refractivity contribution in [2.45, 2.75) is 38.2 Å². The van der Waals surface area contributed by atoms with Crippen LogP contribution in [0, 0.1) is 5.92 Å². The summed E-state index contributed by atoms with van der Waals surface area (Å²) >= 11 is 0. The van der Waals surface area contributed by atoms with Crippen LogP contribution in [0.1, 0.15) is 31.6 Å². The Morgan fingerprint density at radius 2 is 1.95 bits per heavy atom. The van der Waals surface area contributed by atoms with E-state index < -0.39 is 0 Å². The van der Waals surface area contributed by atoms with E-state index in [1.165, 1.54) is 6.42 Å². The molecule has 1 aromatic rings. The van der Waals surface area contributed by atoms with E-state index in [9.17, 15) is 5.11 Å². The van der Waals surface area contributed by atoms with E-state index in [0.29, 0.717) is 18.3 Å². The summed E-state index contributed by atoms with van der Waals surface area (Å²) in [6.45, 7) is 3.96. The minimum Gasteiger partial charge on any atom is -0.393 e. The third-order valence-corrected chi connectivity index (χ3v) is 4.55. The predicted molar refractivity (Wildman–Crippen MR) is 75.7 cm³/mol. The summed E-state index contributed by atoms with van der Waals surface area (Å²) in [5.41, 5.74) is 0. The maximum atomic E-state index is 10.0. The molecule has 2 heterocycles. The summed E-state index contributed by atoms with van der Waals surface area (Å²) in [6, 6.07) is 0. The van der Waals surface area contributed by atoms with Crippen LogP contribution in [0.4, 0.5) is 5.95 Å². The maximum Gasteiger partial charge on any atom is 0.266 e. The first kappa shape index (κ1) is 13.8. The van der Waals surface area contributed by atoms with Gasteiger partial charge in [-0.05, 0) is 31.0 Å². The fourth-order valence-electron chi connectivity index (χ4n) is 3.11. The number of aliphatic hydroxyl groups excluding tert-OH is 1. The van der Waals surface area contributed by atoms with E-state index >= 15 is 0 Å². The van der Waals surface area contributed by atoms with Crippen LogP contribution in [0.3, 0.4) is 0 Å². The topological polar surface area (TPSA) is 65.6 Å². The van der Waals surface area contributed by atoms with Crippen molar-refractivity contribution in [2.75, 3.05) is 38.1 Å². The van der Waals surface area contributed by atoms with E-state index in [0.717, 1.165) is 45.4 Å². The van der Waals surface area contributed by atoms with Gasteiger partial charge >= 0.3 is 0 Å². The van der Waals surface area contributed by atoms with E-state index in [4.69, 9.17) is 4.52 Å². The van der Waals surface area contributed by atoms with Gasteiger partial charge < -0.3 is 19.4 Å². The fourth-order valence-corrected chi connectivity index (χ4v) is 3.11. The Hall–Kier alpha value is -1.14.